The Labute approximate surface area is 108 Å². The van der Waals surface area contributed by atoms with Crippen LogP contribution in [0.3, 0.4) is 0 Å². The summed E-state index contributed by atoms with van der Waals surface area (Å²) in [6.07, 6.45) is 0. The van der Waals surface area contributed by atoms with Gasteiger partial charge in [-0.2, -0.15) is 5.10 Å². The Kier molecular flexibility index (Phi) is 3.46. The number of nitrogens with zero attached hydrogens (tertiary/aromatic N) is 1. The summed E-state index contributed by atoms with van der Waals surface area (Å²) in [5, 5.41) is 8.43. The number of hydrogen-bond donors (Lipinski definition) is 3. The Bertz CT molecular complexity index is 646. The normalized spacial score (nSPS) is 9.95. The van der Waals surface area contributed by atoms with Crippen molar-refractivity contribution in [1.29, 1.82) is 0 Å². The molecule has 0 radical (unpaired) electrons. The fourth-order valence-electron chi connectivity index (χ4n) is 1.50. The van der Waals surface area contributed by atoms with Crippen molar-refractivity contribution in [2.24, 2.45) is 0 Å². The van der Waals surface area contributed by atoms with Crippen molar-refractivity contribution in [3.63, 3.8) is 0 Å². The highest BCUT2D eigenvalue weighted by Gasteiger charge is 2.13. The number of nitrogens with one attached hydrogen (secondary N) is 2. The molecule has 4 N–H and O–H groups in total. The van der Waals surface area contributed by atoms with Crippen LogP contribution in [-0.2, 0) is 0 Å². The first-order chi connectivity index (χ1) is 9.10. The zero-order valence-electron chi connectivity index (χ0n) is 10.1. The number of carbonyl (C=O) groups is 1. The topological polar surface area (TPSA) is 110 Å². The van der Waals surface area contributed by atoms with Gasteiger partial charge in [0, 0.05) is 11.8 Å². The number of amides is 1. The Balaban J connectivity index is 2.27. The molecule has 0 bridgehead atoms. The second kappa shape index (κ2) is 5.21. The van der Waals surface area contributed by atoms with Gasteiger partial charge in [0.2, 0.25) is 0 Å². The fourth-order valence-corrected chi connectivity index (χ4v) is 1.50. The number of aromatic nitrogens is 2. The lowest BCUT2D eigenvalue weighted by molar-refractivity contribution is 0.102. The Morgan fingerprint density at radius 3 is 2.79 bits per heavy atom. The standard InChI is InChI=1S/C12H12N4O3/c1-19-9-3-2-7(13)6-8(9)12(18)14-10-4-5-11(17)16-15-10/h2-6H,13H2,1H3,(H,16,17)(H,14,15,18). The van der Waals surface area contributed by atoms with Crippen LogP contribution in [0.5, 0.6) is 5.75 Å². The summed E-state index contributed by atoms with van der Waals surface area (Å²) in [7, 11) is 1.46. The number of rotatable bonds is 3. The molecule has 0 saturated heterocycles. The van der Waals surface area contributed by atoms with Gasteiger partial charge in [0.25, 0.3) is 11.5 Å². The molecule has 1 aromatic heterocycles. The number of nitrogen functional groups attached to an aromatic ring is 1. The largest absolute Gasteiger partial charge is 0.496 e. The van der Waals surface area contributed by atoms with Crippen LogP contribution in [0.2, 0.25) is 0 Å². The molecule has 0 atom stereocenters. The Hall–Kier alpha value is -2.83. The van der Waals surface area contributed by atoms with Gasteiger partial charge in [-0.15, -0.1) is 0 Å². The number of anilines is 2. The third-order valence-corrected chi connectivity index (χ3v) is 2.39. The third-order valence-electron chi connectivity index (χ3n) is 2.39. The van der Waals surface area contributed by atoms with E-state index in [0.29, 0.717) is 11.4 Å². The highest BCUT2D eigenvalue weighted by atomic mass is 16.5. The van der Waals surface area contributed by atoms with Crippen LogP contribution in [0.15, 0.2) is 35.1 Å². The van der Waals surface area contributed by atoms with Gasteiger partial charge in [0.1, 0.15) is 5.75 Å². The average molecular weight is 260 g/mol. The summed E-state index contributed by atoms with van der Waals surface area (Å²) >= 11 is 0. The van der Waals surface area contributed by atoms with E-state index < -0.39 is 5.91 Å². The maximum absolute atomic E-state index is 12.1. The van der Waals surface area contributed by atoms with Crippen LogP contribution in [-0.4, -0.2) is 23.2 Å². The van der Waals surface area contributed by atoms with E-state index in [0.717, 1.165) is 0 Å². The zero-order chi connectivity index (χ0) is 13.8. The summed E-state index contributed by atoms with van der Waals surface area (Å²) in [5.41, 5.74) is 6.02. The molecular formula is C12H12N4O3. The summed E-state index contributed by atoms with van der Waals surface area (Å²) < 4.78 is 5.08. The number of hydrogen-bond acceptors (Lipinski definition) is 5. The van der Waals surface area contributed by atoms with Crippen molar-refractivity contribution < 1.29 is 9.53 Å². The maximum atomic E-state index is 12.1. The van der Waals surface area contributed by atoms with Crippen LogP contribution in [0.25, 0.3) is 0 Å². The molecule has 0 aliphatic carbocycles. The van der Waals surface area contributed by atoms with E-state index in [1.54, 1.807) is 12.1 Å². The molecular weight excluding hydrogens is 248 g/mol. The fraction of sp³-hybridized carbons (Fsp3) is 0.0833. The van der Waals surface area contributed by atoms with Crippen molar-refractivity contribution in [3.8, 4) is 5.75 Å². The number of benzene rings is 1. The molecule has 0 unspecified atom stereocenters. The molecule has 1 aromatic carbocycles. The number of carbonyl (C=O) groups excluding carboxylic acids is 1. The van der Waals surface area contributed by atoms with Crippen LogP contribution in [0.1, 0.15) is 10.4 Å². The van der Waals surface area contributed by atoms with Crippen molar-refractivity contribution in [3.05, 3.63) is 46.2 Å². The summed E-state index contributed by atoms with van der Waals surface area (Å²) in [6.45, 7) is 0. The van der Waals surface area contributed by atoms with Crippen molar-refractivity contribution in [1.82, 2.24) is 10.2 Å². The molecule has 0 aliphatic heterocycles. The SMILES string of the molecule is COc1ccc(N)cc1C(=O)Nc1ccc(=O)[nH]n1. The monoisotopic (exact) mass is 260 g/mol. The number of aromatic amines is 1. The van der Waals surface area contributed by atoms with E-state index >= 15 is 0 Å². The van der Waals surface area contributed by atoms with Crippen molar-refractivity contribution >= 4 is 17.4 Å². The van der Waals surface area contributed by atoms with Gasteiger partial charge in [-0.3, -0.25) is 9.59 Å². The van der Waals surface area contributed by atoms with E-state index in [9.17, 15) is 9.59 Å². The predicted octanol–water partition coefficient (Wildman–Crippen LogP) is 0.613. The van der Waals surface area contributed by atoms with Crippen LogP contribution >= 0.6 is 0 Å². The molecule has 2 aromatic rings. The Morgan fingerprint density at radius 1 is 1.37 bits per heavy atom. The van der Waals surface area contributed by atoms with E-state index in [4.69, 9.17) is 10.5 Å². The van der Waals surface area contributed by atoms with Crippen LogP contribution < -0.4 is 21.3 Å². The Morgan fingerprint density at radius 2 is 2.16 bits per heavy atom. The highest BCUT2D eigenvalue weighted by molar-refractivity contribution is 6.06. The minimum Gasteiger partial charge on any atom is -0.496 e. The van der Waals surface area contributed by atoms with Crippen LogP contribution in [0.4, 0.5) is 11.5 Å². The first-order valence-electron chi connectivity index (χ1n) is 5.41. The summed E-state index contributed by atoms with van der Waals surface area (Å²) in [5.74, 6) is 0.203. The number of ether oxygens (including phenoxy) is 1. The molecule has 0 saturated carbocycles. The molecule has 7 heteroatoms. The van der Waals surface area contributed by atoms with Gasteiger partial charge in [-0.1, -0.05) is 0 Å². The van der Waals surface area contributed by atoms with Gasteiger partial charge >= 0.3 is 0 Å². The first kappa shape index (κ1) is 12.6. The molecule has 0 aliphatic rings. The average Bonchev–Trinajstić information content (AvgIpc) is 2.41. The molecule has 1 heterocycles. The van der Waals surface area contributed by atoms with E-state index in [2.05, 4.69) is 15.5 Å². The lowest BCUT2D eigenvalue weighted by Crippen LogP contribution is -2.16. The highest BCUT2D eigenvalue weighted by Crippen LogP contribution is 2.21. The predicted molar refractivity (Wildman–Crippen MR) is 70.2 cm³/mol. The second-order valence-electron chi connectivity index (χ2n) is 3.72. The molecule has 19 heavy (non-hydrogen) atoms. The molecule has 0 fully saturated rings. The molecule has 0 spiro atoms. The third kappa shape index (κ3) is 2.89. The maximum Gasteiger partial charge on any atom is 0.264 e. The quantitative estimate of drug-likeness (QED) is 0.700. The van der Waals surface area contributed by atoms with Crippen LogP contribution in [0, 0.1) is 0 Å². The number of nitrogens with two attached hydrogens (primary N) is 1. The van der Waals surface area contributed by atoms with Gasteiger partial charge in [-0.05, 0) is 24.3 Å². The van der Waals surface area contributed by atoms with Crippen molar-refractivity contribution in [2.45, 2.75) is 0 Å². The molecule has 98 valence electrons. The van der Waals surface area contributed by atoms with Gasteiger partial charge in [-0.25, -0.2) is 5.10 Å². The minimum atomic E-state index is -0.427. The minimum absolute atomic E-state index is 0.231. The lowest BCUT2D eigenvalue weighted by atomic mass is 10.1. The smallest absolute Gasteiger partial charge is 0.264 e. The van der Waals surface area contributed by atoms with E-state index in [-0.39, 0.29) is 16.9 Å². The van der Waals surface area contributed by atoms with E-state index in [1.807, 2.05) is 0 Å². The first-order valence-corrected chi connectivity index (χ1v) is 5.41. The van der Waals surface area contributed by atoms with Gasteiger partial charge < -0.3 is 15.8 Å². The molecule has 7 nitrogen and oxygen atoms in total. The summed E-state index contributed by atoms with van der Waals surface area (Å²) in [6, 6.07) is 7.40. The molecule has 1 amide bonds. The van der Waals surface area contributed by atoms with E-state index in [1.165, 1.54) is 25.3 Å². The van der Waals surface area contributed by atoms with Crippen molar-refractivity contribution in [2.75, 3.05) is 18.2 Å². The van der Waals surface area contributed by atoms with Gasteiger partial charge in [0.15, 0.2) is 5.82 Å². The summed E-state index contributed by atoms with van der Waals surface area (Å²) in [4.78, 5) is 22.9. The number of H-pyrrole nitrogens is 1. The number of methoxy groups -OCH3 is 1. The van der Waals surface area contributed by atoms with Gasteiger partial charge in [0.05, 0.1) is 12.7 Å². The second-order valence-corrected chi connectivity index (χ2v) is 3.72. The lowest BCUT2D eigenvalue weighted by Gasteiger charge is -2.09. The zero-order valence-corrected chi connectivity index (χ0v) is 10.1. The molecule has 2 rings (SSSR count).